The van der Waals surface area contributed by atoms with Gasteiger partial charge in [0.05, 0.1) is 12.3 Å². The Balaban J connectivity index is 2.08. The van der Waals surface area contributed by atoms with Crippen LogP contribution in [-0.2, 0) is 10.0 Å². The lowest BCUT2D eigenvalue weighted by molar-refractivity contribution is 0.500. The molecule has 0 fully saturated rings. The topological polar surface area (TPSA) is 71.3 Å². The van der Waals surface area contributed by atoms with Crippen LogP contribution in [0.4, 0.5) is 11.4 Å². The van der Waals surface area contributed by atoms with Gasteiger partial charge in [-0.2, -0.15) is 0 Å². The van der Waals surface area contributed by atoms with Crippen molar-refractivity contribution in [3.05, 3.63) is 47.4 Å². The van der Waals surface area contributed by atoms with E-state index < -0.39 is 10.0 Å². The summed E-state index contributed by atoms with van der Waals surface area (Å²) in [5, 5.41) is 3.37. The zero-order valence-corrected chi connectivity index (χ0v) is 13.4. The molecule has 0 spiro atoms. The lowest BCUT2D eigenvalue weighted by Gasteiger charge is -2.15. The average molecular weight is 308 g/mol. The number of hydrogen-bond acceptors (Lipinski definition) is 4. The van der Waals surface area contributed by atoms with Gasteiger partial charge in [0.1, 0.15) is 11.5 Å². The molecule has 0 amide bonds. The molecular weight excluding hydrogens is 288 g/mol. The molecule has 21 heavy (non-hydrogen) atoms. The SMILES string of the molecule is Cc1cc(C(C)Nc2ccc(NS(C)(=O)=O)cc2)c(C)o1. The summed E-state index contributed by atoms with van der Waals surface area (Å²) in [6, 6.07) is 9.26. The van der Waals surface area contributed by atoms with Crippen molar-refractivity contribution in [3.63, 3.8) is 0 Å². The molecule has 1 unspecified atom stereocenters. The van der Waals surface area contributed by atoms with E-state index in [2.05, 4.69) is 17.0 Å². The minimum Gasteiger partial charge on any atom is -0.466 e. The third-order valence-corrected chi connectivity index (χ3v) is 3.72. The lowest BCUT2D eigenvalue weighted by Crippen LogP contribution is -2.10. The van der Waals surface area contributed by atoms with Gasteiger partial charge in [-0.1, -0.05) is 0 Å². The van der Waals surface area contributed by atoms with Gasteiger partial charge in [0.15, 0.2) is 0 Å². The van der Waals surface area contributed by atoms with E-state index in [4.69, 9.17) is 4.42 Å². The van der Waals surface area contributed by atoms with Crippen LogP contribution in [0.5, 0.6) is 0 Å². The maximum absolute atomic E-state index is 11.2. The number of rotatable bonds is 5. The van der Waals surface area contributed by atoms with Crippen LogP contribution in [0.3, 0.4) is 0 Å². The van der Waals surface area contributed by atoms with Gasteiger partial charge in [0, 0.05) is 16.9 Å². The fraction of sp³-hybridized carbons (Fsp3) is 0.333. The molecule has 2 N–H and O–H groups in total. The smallest absolute Gasteiger partial charge is 0.229 e. The van der Waals surface area contributed by atoms with E-state index in [-0.39, 0.29) is 6.04 Å². The van der Waals surface area contributed by atoms with Gasteiger partial charge in [-0.3, -0.25) is 4.72 Å². The lowest BCUT2D eigenvalue weighted by atomic mass is 10.1. The highest BCUT2D eigenvalue weighted by Gasteiger charge is 2.12. The van der Waals surface area contributed by atoms with Gasteiger partial charge < -0.3 is 9.73 Å². The van der Waals surface area contributed by atoms with Crippen molar-refractivity contribution in [2.24, 2.45) is 0 Å². The molecular formula is C15H20N2O3S. The van der Waals surface area contributed by atoms with Crippen molar-refractivity contribution < 1.29 is 12.8 Å². The Morgan fingerprint density at radius 1 is 1.10 bits per heavy atom. The summed E-state index contributed by atoms with van der Waals surface area (Å²) in [6.07, 6.45) is 1.13. The molecule has 1 aromatic heterocycles. The molecule has 1 aromatic carbocycles. The Morgan fingerprint density at radius 3 is 2.14 bits per heavy atom. The molecule has 0 saturated carbocycles. The van der Waals surface area contributed by atoms with E-state index in [9.17, 15) is 8.42 Å². The summed E-state index contributed by atoms with van der Waals surface area (Å²) in [5.41, 5.74) is 2.58. The fourth-order valence-electron chi connectivity index (χ4n) is 2.26. The van der Waals surface area contributed by atoms with Crippen LogP contribution >= 0.6 is 0 Å². The summed E-state index contributed by atoms with van der Waals surface area (Å²) >= 11 is 0. The van der Waals surface area contributed by atoms with Crippen molar-refractivity contribution in [1.29, 1.82) is 0 Å². The number of benzene rings is 1. The Bertz CT molecular complexity index is 718. The van der Waals surface area contributed by atoms with Crippen LogP contribution < -0.4 is 10.0 Å². The second kappa shape index (κ2) is 5.81. The Kier molecular flexibility index (Phi) is 4.27. The minimum absolute atomic E-state index is 0.108. The molecule has 5 nitrogen and oxygen atoms in total. The number of hydrogen-bond donors (Lipinski definition) is 2. The van der Waals surface area contributed by atoms with E-state index >= 15 is 0 Å². The Morgan fingerprint density at radius 2 is 1.67 bits per heavy atom. The largest absolute Gasteiger partial charge is 0.466 e. The van der Waals surface area contributed by atoms with E-state index in [1.165, 1.54) is 0 Å². The van der Waals surface area contributed by atoms with Gasteiger partial charge in [-0.25, -0.2) is 8.42 Å². The molecule has 0 aliphatic rings. The zero-order chi connectivity index (χ0) is 15.6. The molecule has 2 rings (SSSR count). The highest BCUT2D eigenvalue weighted by molar-refractivity contribution is 7.92. The van der Waals surface area contributed by atoms with Crippen molar-refractivity contribution in [1.82, 2.24) is 0 Å². The van der Waals surface area contributed by atoms with Crippen molar-refractivity contribution in [3.8, 4) is 0 Å². The zero-order valence-electron chi connectivity index (χ0n) is 12.6. The third-order valence-electron chi connectivity index (χ3n) is 3.12. The predicted molar refractivity (Wildman–Crippen MR) is 85.1 cm³/mol. The summed E-state index contributed by atoms with van der Waals surface area (Å²) < 4.78 is 30.3. The fourth-order valence-corrected chi connectivity index (χ4v) is 2.82. The molecule has 2 aromatic rings. The van der Waals surface area contributed by atoms with E-state index in [1.54, 1.807) is 12.1 Å². The first-order valence-electron chi connectivity index (χ1n) is 6.66. The van der Waals surface area contributed by atoms with E-state index in [1.807, 2.05) is 32.0 Å². The van der Waals surface area contributed by atoms with Gasteiger partial charge in [0.25, 0.3) is 0 Å². The summed E-state index contributed by atoms with van der Waals surface area (Å²) in [6.45, 7) is 5.93. The van der Waals surface area contributed by atoms with Gasteiger partial charge >= 0.3 is 0 Å². The van der Waals surface area contributed by atoms with Gasteiger partial charge in [0.2, 0.25) is 10.0 Å². The maximum atomic E-state index is 11.2. The molecule has 0 aliphatic heterocycles. The van der Waals surface area contributed by atoms with Crippen molar-refractivity contribution >= 4 is 21.4 Å². The van der Waals surface area contributed by atoms with Crippen molar-refractivity contribution in [2.75, 3.05) is 16.3 Å². The average Bonchev–Trinajstić information content (AvgIpc) is 2.69. The quantitative estimate of drug-likeness (QED) is 0.887. The molecule has 0 bridgehead atoms. The van der Waals surface area contributed by atoms with E-state index in [0.29, 0.717) is 5.69 Å². The summed E-state index contributed by atoms with van der Waals surface area (Å²) in [7, 11) is -3.24. The first kappa shape index (κ1) is 15.4. The standard InChI is InChI=1S/C15H20N2O3S/c1-10-9-15(12(3)20-10)11(2)16-13-5-7-14(8-6-13)17-21(4,18)19/h5-9,11,16-17H,1-4H3. The molecule has 1 atom stereocenters. The number of nitrogens with one attached hydrogen (secondary N) is 2. The molecule has 1 heterocycles. The first-order chi connectivity index (χ1) is 9.74. The molecule has 0 saturated heterocycles. The second-order valence-electron chi connectivity index (χ2n) is 5.19. The van der Waals surface area contributed by atoms with Crippen LogP contribution in [0.15, 0.2) is 34.7 Å². The highest BCUT2D eigenvalue weighted by Crippen LogP contribution is 2.25. The summed E-state index contributed by atoms with van der Waals surface area (Å²) in [5.74, 6) is 1.80. The van der Waals surface area contributed by atoms with Crippen molar-refractivity contribution in [2.45, 2.75) is 26.8 Å². The molecule has 0 radical (unpaired) electrons. The Hall–Kier alpha value is -1.95. The second-order valence-corrected chi connectivity index (χ2v) is 6.93. The minimum atomic E-state index is -3.24. The van der Waals surface area contributed by atoms with Crippen LogP contribution in [0.2, 0.25) is 0 Å². The number of aryl methyl sites for hydroxylation is 2. The highest BCUT2D eigenvalue weighted by atomic mass is 32.2. The summed E-state index contributed by atoms with van der Waals surface area (Å²) in [4.78, 5) is 0. The number of anilines is 2. The predicted octanol–water partition coefficient (Wildman–Crippen LogP) is 3.44. The van der Waals surface area contributed by atoms with E-state index in [0.717, 1.165) is 29.0 Å². The van der Waals surface area contributed by atoms with Gasteiger partial charge in [-0.15, -0.1) is 0 Å². The molecule has 114 valence electrons. The normalized spacial score (nSPS) is 13.0. The number of furan rings is 1. The molecule has 0 aliphatic carbocycles. The number of sulfonamides is 1. The van der Waals surface area contributed by atoms with Crippen LogP contribution in [0.25, 0.3) is 0 Å². The Labute approximate surface area is 125 Å². The first-order valence-corrected chi connectivity index (χ1v) is 8.55. The third kappa shape index (κ3) is 4.26. The maximum Gasteiger partial charge on any atom is 0.229 e. The van der Waals surface area contributed by atoms with Crippen LogP contribution in [-0.4, -0.2) is 14.7 Å². The van der Waals surface area contributed by atoms with Crippen LogP contribution in [0.1, 0.15) is 30.0 Å². The van der Waals surface area contributed by atoms with Gasteiger partial charge in [-0.05, 0) is 51.1 Å². The monoisotopic (exact) mass is 308 g/mol. The van der Waals surface area contributed by atoms with Crippen LogP contribution in [0, 0.1) is 13.8 Å². The molecule has 6 heteroatoms.